The second-order valence-electron chi connectivity index (χ2n) is 6.10. The first-order valence-electron chi connectivity index (χ1n) is 8.19. The molecule has 2 aromatic heterocycles. The van der Waals surface area contributed by atoms with E-state index in [1.165, 1.54) is 18.5 Å². The van der Waals surface area contributed by atoms with Gasteiger partial charge in [0.2, 0.25) is 5.91 Å². The topological polar surface area (TPSA) is 68.4 Å². The number of amides is 1. The predicted molar refractivity (Wildman–Crippen MR) is 103 cm³/mol. The Bertz CT molecular complexity index is 1230. The molecule has 0 atom stereocenters. The van der Waals surface area contributed by atoms with Gasteiger partial charge in [0, 0.05) is 16.4 Å². The van der Waals surface area contributed by atoms with Crippen LogP contribution in [-0.2, 0) is 17.9 Å². The van der Waals surface area contributed by atoms with Crippen LogP contribution < -0.4 is 10.9 Å². The molecule has 0 fully saturated rings. The smallest absolute Gasteiger partial charge is 0.291 e. The van der Waals surface area contributed by atoms with Crippen molar-refractivity contribution in [1.29, 1.82) is 0 Å². The summed E-state index contributed by atoms with van der Waals surface area (Å²) in [6.07, 6.45) is 1.46. The molecular weight excluding hydrogens is 415 g/mol. The molecule has 2 aromatic carbocycles. The van der Waals surface area contributed by atoms with Crippen LogP contribution in [0.2, 0.25) is 0 Å². The van der Waals surface area contributed by atoms with E-state index in [-0.39, 0.29) is 18.3 Å². The number of rotatable bonds is 4. The number of benzene rings is 2. The molecule has 0 spiro atoms. The summed E-state index contributed by atoms with van der Waals surface area (Å²) in [5.74, 6) is -0.699. The standard InChI is InChI=1S/C19H14BrFN4O2/c20-14-3-1-2-12(6-14)9-22-18(26)10-25-19(27)17-8-13-7-15(21)4-5-16(13)24(17)11-23-25/h1-8,11H,9-10H2,(H,22,26). The summed E-state index contributed by atoms with van der Waals surface area (Å²) in [4.78, 5) is 24.8. The van der Waals surface area contributed by atoms with Gasteiger partial charge in [-0.3, -0.25) is 14.0 Å². The first kappa shape index (κ1) is 17.4. The normalized spacial score (nSPS) is 11.2. The minimum atomic E-state index is -0.410. The lowest BCUT2D eigenvalue weighted by atomic mass is 10.2. The molecule has 0 aliphatic carbocycles. The van der Waals surface area contributed by atoms with E-state index in [1.54, 1.807) is 16.5 Å². The maximum absolute atomic E-state index is 13.4. The summed E-state index contributed by atoms with van der Waals surface area (Å²) >= 11 is 3.38. The Labute approximate surface area is 161 Å². The Kier molecular flexibility index (Phi) is 4.49. The molecule has 2 heterocycles. The Hall–Kier alpha value is -3.00. The number of aromatic nitrogens is 3. The van der Waals surface area contributed by atoms with Crippen LogP contribution in [0.3, 0.4) is 0 Å². The van der Waals surface area contributed by atoms with Crippen LogP contribution in [0.4, 0.5) is 4.39 Å². The number of nitrogens with zero attached hydrogens (tertiary/aromatic N) is 3. The molecule has 0 unspecified atom stereocenters. The summed E-state index contributed by atoms with van der Waals surface area (Å²) in [7, 11) is 0. The Morgan fingerprint density at radius 3 is 2.81 bits per heavy atom. The Morgan fingerprint density at radius 1 is 1.15 bits per heavy atom. The zero-order valence-electron chi connectivity index (χ0n) is 14.0. The molecule has 0 radical (unpaired) electrons. The largest absolute Gasteiger partial charge is 0.350 e. The lowest BCUT2D eigenvalue weighted by Crippen LogP contribution is -2.33. The molecule has 0 aliphatic heterocycles. The van der Waals surface area contributed by atoms with Crippen LogP contribution in [0.15, 0.2) is 64.1 Å². The summed E-state index contributed by atoms with van der Waals surface area (Å²) in [6, 6.07) is 13.5. The van der Waals surface area contributed by atoms with E-state index in [0.29, 0.717) is 23.0 Å². The highest BCUT2D eigenvalue weighted by molar-refractivity contribution is 9.10. The fourth-order valence-corrected chi connectivity index (χ4v) is 3.39. The van der Waals surface area contributed by atoms with Gasteiger partial charge in [0.05, 0.1) is 5.52 Å². The zero-order chi connectivity index (χ0) is 19.0. The molecule has 27 heavy (non-hydrogen) atoms. The molecule has 0 aliphatic rings. The third-order valence-corrected chi connectivity index (χ3v) is 4.73. The van der Waals surface area contributed by atoms with Crippen molar-refractivity contribution in [1.82, 2.24) is 19.5 Å². The number of carbonyl (C=O) groups is 1. The van der Waals surface area contributed by atoms with Crippen molar-refractivity contribution in [2.75, 3.05) is 0 Å². The van der Waals surface area contributed by atoms with Gasteiger partial charge in [-0.2, -0.15) is 5.10 Å². The third kappa shape index (κ3) is 3.48. The van der Waals surface area contributed by atoms with Crippen LogP contribution >= 0.6 is 15.9 Å². The summed E-state index contributed by atoms with van der Waals surface area (Å²) < 4.78 is 17.0. The summed E-state index contributed by atoms with van der Waals surface area (Å²) in [5, 5.41) is 7.44. The first-order valence-corrected chi connectivity index (χ1v) is 8.98. The van der Waals surface area contributed by atoms with Gasteiger partial charge >= 0.3 is 0 Å². The molecule has 1 N–H and O–H groups in total. The molecule has 4 aromatic rings. The van der Waals surface area contributed by atoms with E-state index in [2.05, 4.69) is 26.3 Å². The van der Waals surface area contributed by atoms with Crippen molar-refractivity contribution in [3.8, 4) is 0 Å². The van der Waals surface area contributed by atoms with Gasteiger partial charge < -0.3 is 5.32 Å². The van der Waals surface area contributed by atoms with Crippen molar-refractivity contribution in [3.63, 3.8) is 0 Å². The highest BCUT2D eigenvalue weighted by Crippen LogP contribution is 2.18. The van der Waals surface area contributed by atoms with E-state index in [9.17, 15) is 14.0 Å². The average molecular weight is 429 g/mol. The van der Waals surface area contributed by atoms with Gasteiger partial charge in [0.1, 0.15) is 24.2 Å². The lowest BCUT2D eigenvalue weighted by Gasteiger charge is -2.07. The molecule has 0 saturated carbocycles. The van der Waals surface area contributed by atoms with Crippen LogP contribution in [-0.4, -0.2) is 20.1 Å². The van der Waals surface area contributed by atoms with Gasteiger partial charge in [-0.1, -0.05) is 28.1 Å². The molecule has 136 valence electrons. The number of nitrogens with one attached hydrogen (secondary N) is 1. The summed E-state index contributed by atoms with van der Waals surface area (Å²) in [6.45, 7) is 0.156. The average Bonchev–Trinajstić information content (AvgIpc) is 3.01. The second-order valence-corrected chi connectivity index (χ2v) is 7.02. The lowest BCUT2D eigenvalue weighted by molar-refractivity contribution is -0.122. The quantitative estimate of drug-likeness (QED) is 0.543. The molecular formula is C19H14BrFN4O2. The monoisotopic (exact) mass is 428 g/mol. The zero-order valence-corrected chi connectivity index (χ0v) is 15.6. The van der Waals surface area contributed by atoms with Crippen molar-refractivity contribution in [2.24, 2.45) is 0 Å². The minimum absolute atomic E-state index is 0.195. The Morgan fingerprint density at radius 2 is 2.00 bits per heavy atom. The molecule has 4 rings (SSSR count). The number of halogens is 2. The molecule has 8 heteroatoms. The van der Waals surface area contributed by atoms with E-state index in [4.69, 9.17) is 0 Å². The third-order valence-electron chi connectivity index (χ3n) is 4.23. The molecule has 0 bridgehead atoms. The molecule has 1 amide bonds. The van der Waals surface area contributed by atoms with Crippen LogP contribution in [0, 0.1) is 5.82 Å². The number of hydrogen-bond donors (Lipinski definition) is 1. The van der Waals surface area contributed by atoms with Gasteiger partial charge in [-0.15, -0.1) is 0 Å². The van der Waals surface area contributed by atoms with Crippen molar-refractivity contribution in [2.45, 2.75) is 13.1 Å². The van der Waals surface area contributed by atoms with Crippen molar-refractivity contribution < 1.29 is 9.18 Å². The maximum Gasteiger partial charge on any atom is 0.291 e. The fourth-order valence-electron chi connectivity index (χ4n) is 2.95. The van der Waals surface area contributed by atoms with Crippen LogP contribution in [0.5, 0.6) is 0 Å². The van der Waals surface area contributed by atoms with Crippen molar-refractivity contribution >= 4 is 38.3 Å². The highest BCUT2D eigenvalue weighted by Gasteiger charge is 2.12. The fraction of sp³-hybridized carbons (Fsp3) is 0.105. The minimum Gasteiger partial charge on any atom is -0.350 e. The molecule has 0 saturated heterocycles. The van der Waals surface area contributed by atoms with Crippen molar-refractivity contribution in [3.05, 3.63) is 81.1 Å². The number of hydrogen-bond acceptors (Lipinski definition) is 3. The van der Waals surface area contributed by atoms with Gasteiger partial charge in [-0.05, 0) is 42.0 Å². The van der Waals surface area contributed by atoms with E-state index in [0.717, 1.165) is 14.7 Å². The Balaban J connectivity index is 1.56. The van der Waals surface area contributed by atoms with Crippen LogP contribution in [0.1, 0.15) is 5.56 Å². The number of carbonyl (C=O) groups excluding carboxylic acids is 1. The predicted octanol–water partition coefficient (Wildman–Crippen LogP) is 2.87. The highest BCUT2D eigenvalue weighted by atomic mass is 79.9. The summed E-state index contributed by atoms with van der Waals surface area (Å²) in [5.41, 5.74) is 1.55. The number of fused-ring (bicyclic) bond motifs is 3. The second kappa shape index (κ2) is 6.96. The van der Waals surface area contributed by atoms with E-state index in [1.807, 2.05) is 24.3 Å². The van der Waals surface area contributed by atoms with E-state index >= 15 is 0 Å². The van der Waals surface area contributed by atoms with E-state index < -0.39 is 5.56 Å². The van der Waals surface area contributed by atoms with Gasteiger partial charge in [-0.25, -0.2) is 9.07 Å². The SMILES string of the molecule is O=C(Cn1ncn2c(cc3cc(F)ccc32)c1=O)NCc1cccc(Br)c1. The van der Waals surface area contributed by atoms with Crippen LogP contribution in [0.25, 0.3) is 16.4 Å². The maximum atomic E-state index is 13.4. The molecule has 6 nitrogen and oxygen atoms in total. The first-order chi connectivity index (χ1) is 13.0. The van der Waals surface area contributed by atoms with Gasteiger partial charge in [0.15, 0.2) is 0 Å². The van der Waals surface area contributed by atoms with Gasteiger partial charge in [0.25, 0.3) is 5.56 Å².